The van der Waals surface area contributed by atoms with E-state index < -0.39 is 6.10 Å². The number of nitrogens with one attached hydrogen (secondary N) is 2. The van der Waals surface area contributed by atoms with E-state index in [2.05, 4.69) is 53.1 Å². The molecule has 3 N–H and O–H groups in total. The van der Waals surface area contributed by atoms with E-state index in [1.54, 1.807) is 6.92 Å². The molecule has 0 bridgehead atoms. The third-order valence-electron chi connectivity index (χ3n) is 4.36. The van der Waals surface area contributed by atoms with Gasteiger partial charge in [-0.15, -0.1) is 5.10 Å². The molecule has 0 saturated heterocycles. The van der Waals surface area contributed by atoms with Crippen molar-refractivity contribution in [3.63, 3.8) is 0 Å². The van der Waals surface area contributed by atoms with Crippen LogP contribution in [0.25, 0.3) is 11.4 Å². The second-order valence-electron chi connectivity index (χ2n) is 7.55. The average Bonchev–Trinajstić information content (AvgIpc) is 3.06. The van der Waals surface area contributed by atoms with Gasteiger partial charge >= 0.3 is 0 Å². The van der Waals surface area contributed by atoms with Crippen LogP contribution in [0.1, 0.15) is 52.3 Å². The highest BCUT2D eigenvalue weighted by Crippen LogP contribution is 2.38. The highest BCUT2D eigenvalue weighted by atomic mass is 35.5. The maximum Gasteiger partial charge on any atom is 0.205 e. The van der Waals surface area contributed by atoms with Gasteiger partial charge in [-0.1, -0.05) is 25.4 Å². The first kappa shape index (κ1) is 20.4. The number of rotatable bonds is 7. The molecule has 0 radical (unpaired) electrons. The molecule has 2 aliphatic heterocycles. The van der Waals surface area contributed by atoms with Crippen molar-refractivity contribution in [2.24, 2.45) is 0 Å². The van der Waals surface area contributed by atoms with Gasteiger partial charge in [0.15, 0.2) is 11.5 Å². The van der Waals surface area contributed by atoms with Gasteiger partial charge in [0, 0.05) is 23.3 Å². The molecule has 2 heterocycles. The van der Waals surface area contributed by atoms with Gasteiger partial charge in [-0.3, -0.25) is 0 Å². The van der Waals surface area contributed by atoms with Crippen LogP contribution in [0.4, 0.5) is 17.5 Å². The highest BCUT2D eigenvalue weighted by molar-refractivity contribution is 6.30. The number of fused-ring (bicyclic) bond motifs is 1. The standard InChI is InChI=1S/C20H27ClN6O/c1-11(2)16-18-17(26-25-16)19(23-15-8-6-14(21)7-9-15)24-20(22-10-13(5)28)27(18)12(3)4/h6-9,11-13,23,28H,10H2,1-5H3,(H,22,24). The smallest absolute Gasteiger partial charge is 0.205 e. The van der Waals surface area contributed by atoms with Crippen LogP contribution in [-0.4, -0.2) is 37.5 Å². The molecule has 1 atom stereocenters. The maximum absolute atomic E-state index is 9.74. The maximum atomic E-state index is 9.74. The number of anilines is 3. The van der Waals surface area contributed by atoms with Crippen molar-refractivity contribution < 1.29 is 5.11 Å². The van der Waals surface area contributed by atoms with Gasteiger partial charge in [0.2, 0.25) is 5.95 Å². The van der Waals surface area contributed by atoms with Gasteiger partial charge in [-0.2, -0.15) is 10.1 Å². The SMILES string of the molecule is CC(O)CNc1nc(Nc2ccc(Cl)cc2)c2nnc(C(C)C)c-2n1C(C)C. The lowest BCUT2D eigenvalue weighted by atomic mass is 10.1. The zero-order valence-electron chi connectivity index (χ0n) is 16.9. The van der Waals surface area contributed by atoms with E-state index >= 15 is 0 Å². The van der Waals surface area contributed by atoms with Crippen molar-refractivity contribution in [1.82, 2.24) is 19.7 Å². The summed E-state index contributed by atoms with van der Waals surface area (Å²) < 4.78 is 2.10. The summed E-state index contributed by atoms with van der Waals surface area (Å²) in [7, 11) is 0. The van der Waals surface area contributed by atoms with E-state index in [1.165, 1.54) is 0 Å². The molecule has 1 aromatic rings. The van der Waals surface area contributed by atoms with Crippen LogP contribution < -0.4 is 10.6 Å². The van der Waals surface area contributed by atoms with E-state index in [-0.39, 0.29) is 12.0 Å². The molecule has 0 saturated carbocycles. The normalized spacial score (nSPS) is 12.8. The summed E-state index contributed by atoms with van der Waals surface area (Å²) in [5.41, 5.74) is 3.45. The van der Waals surface area contributed by atoms with Crippen molar-refractivity contribution in [3.05, 3.63) is 35.0 Å². The van der Waals surface area contributed by atoms with Crippen LogP contribution in [0.3, 0.4) is 0 Å². The van der Waals surface area contributed by atoms with Gasteiger partial charge in [0.1, 0.15) is 0 Å². The summed E-state index contributed by atoms with van der Waals surface area (Å²) >= 11 is 6.00. The van der Waals surface area contributed by atoms with Gasteiger partial charge in [0.05, 0.1) is 17.5 Å². The summed E-state index contributed by atoms with van der Waals surface area (Å²) in [4.78, 5) is 4.78. The number of aliphatic hydroxyl groups is 1. The van der Waals surface area contributed by atoms with Crippen LogP contribution in [0.2, 0.25) is 5.02 Å². The van der Waals surface area contributed by atoms with Gasteiger partial charge in [-0.05, 0) is 51.0 Å². The predicted octanol–water partition coefficient (Wildman–Crippen LogP) is 4.67. The third kappa shape index (κ3) is 4.20. The van der Waals surface area contributed by atoms with Crippen molar-refractivity contribution in [2.45, 2.75) is 52.7 Å². The Labute approximate surface area is 170 Å². The highest BCUT2D eigenvalue weighted by Gasteiger charge is 2.28. The largest absolute Gasteiger partial charge is 0.392 e. The van der Waals surface area contributed by atoms with Crippen molar-refractivity contribution in [1.29, 1.82) is 0 Å². The number of halogens is 1. The Morgan fingerprint density at radius 1 is 1.07 bits per heavy atom. The fourth-order valence-electron chi connectivity index (χ4n) is 3.05. The molecule has 1 unspecified atom stereocenters. The predicted molar refractivity (Wildman–Crippen MR) is 114 cm³/mol. The monoisotopic (exact) mass is 402 g/mol. The molecule has 0 aromatic heterocycles. The third-order valence-corrected chi connectivity index (χ3v) is 4.61. The van der Waals surface area contributed by atoms with Gasteiger partial charge < -0.3 is 20.3 Å². The molecular formula is C20H27ClN6O. The molecule has 0 fully saturated rings. The number of aliphatic hydroxyl groups excluding tert-OH is 1. The number of aromatic nitrogens is 4. The molecule has 7 nitrogen and oxygen atoms in total. The second kappa shape index (κ2) is 8.32. The first-order chi connectivity index (χ1) is 13.3. The quantitative estimate of drug-likeness (QED) is 0.532. The molecule has 150 valence electrons. The van der Waals surface area contributed by atoms with Crippen LogP contribution in [0, 0.1) is 0 Å². The minimum atomic E-state index is -0.494. The van der Waals surface area contributed by atoms with E-state index in [0.29, 0.717) is 23.3 Å². The number of nitrogens with zero attached hydrogens (tertiary/aromatic N) is 4. The molecule has 8 heteroatoms. The summed E-state index contributed by atoms with van der Waals surface area (Å²) in [6.45, 7) is 10.5. The summed E-state index contributed by atoms with van der Waals surface area (Å²) in [5, 5.41) is 25.9. The number of hydrogen-bond acceptors (Lipinski definition) is 6. The Morgan fingerprint density at radius 3 is 2.32 bits per heavy atom. The van der Waals surface area contributed by atoms with Crippen LogP contribution in [-0.2, 0) is 0 Å². The van der Waals surface area contributed by atoms with E-state index in [9.17, 15) is 5.11 Å². The van der Waals surface area contributed by atoms with E-state index in [0.717, 1.165) is 22.8 Å². The Bertz CT molecular complexity index is 904. The van der Waals surface area contributed by atoms with E-state index in [4.69, 9.17) is 16.6 Å². The van der Waals surface area contributed by atoms with Crippen molar-refractivity contribution >= 4 is 29.1 Å². The summed E-state index contributed by atoms with van der Waals surface area (Å²) in [6.07, 6.45) is -0.494. The summed E-state index contributed by atoms with van der Waals surface area (Å²) in [5.74, 6) is 1.49. The zero-order valence-corrected chi connectivity index (χ0v) is 17.6. The minimum Gasteiger partial charge on any atom is -0.392 e. The lowest BCUT2D eigenvalue weighted by Crippen LogP contribution is -2.22. The van der Waals surface area contributed by atoms with Gasteiger partial charge in [0.25, 0.3) is 0 Å². The van der Waals surface area contributed by atoms with E-state index in [1.807, 2.05) is 24.3 Å². The molecule has 28 heavy (non-hydrogen) atoms. The molecule has 3 rings (SSSR count). The number of benzene rings is 1. The van der Waals surface area contributed by atoms with Crippen molar-refractivity contribution in [3.8, 4) is 11.4 Å². The Hall–Kier alpha value is -2.38. The Kier molecular flexibility index (Phi) is 6.05. The van der Waals surface area contributed by atoms with Crippen LogP contribution in [0.5, 0.6) is 0 Å². The molecule has 0 amide bonds. The second-order valence-corrected chi connectivity index (χ2v) is 7.98. The van der Waals surface area contributed by atoms with Crippen molar-refractivity contribution in [2.75, 3.05) is 17.2 Å². The van der Waals surface area contributed by atoms with Crippen LogP contribution in [0.15, 0.2) is 24.3 Å². The average molecular weight is 403 g/mol. The minimum absolute atomic E-state index is 0.139. The zero-order chi connectivity index (χ0) is 20.4. The topological polar surface area (TPSA) is 87.9 Å². The van der Waals surface area contributed by atoms with Crippen LogP contribution >= 0.6 is 11.6 Å². The first-order valence-corrected chi connectivity index (χ1v) is 9.88. The Balaban J connectivity index is 2.16. The molecule has 0 spiro atoms. The molecule has 0 aliphatic carbocycles. The molecule has 1 aromatic carbocycles. The fraction of sp³-hybridized carbons (Fsp3) is 0.450. The lowest BCUT2D eigenvalue weighted by Gasteiger charge is -2.24. The lowest BCUT2D eigenvalue weighted by molar-refractivity contribution is 0.208. The molecule has 2 aliphatic rings. The Morgan fingerprint density at radius 2 is 1.75 bits per heavy atom. The first-order valence-electron chi connectivity index (χ1n) is 9.51. The fourth-order valence-corrected chi connectivity index (χ4v) is 3.17. The number of hydrogen-bond donors (Lipinski definition) is 3. The molecular weight excluding hydrogens is 376 g/mol. The summed E-state index contributed by atoms with van der Waals surface area (Å²) in [6, 6.07) is 7.56. The van der Waals surface area contributed by atoms with Gasteiger partial charge in [-0.25, -0.2) is 0 Å².